The van der Waals surface area contributed by atoms with Crippen LogP contribution < -0.4 is 0 Å². The summed E-state index contributed by atoms with van der Waals surface area (Å²) in [5.41, 5.74) is 0. The van der Waals surface area contributed by atoms with E-state index >= 15 is 0 Å². The highest BCUT2D eigenvalue weighted by atomic mass is 32.1. The van der Waals surface area contributed by atoms with Crippen LogP contribution in [0.1, 0.15) is 12.8 Å². The lowest BCUT2D eigenvalue weighted by molar-refractivity contribution is 0.348. The van der Waals surface area contributed by atoms with Crippen molar-refractivity contribution in [3.8, 4) is 0 Å². The lowest BCUT2D eigenvalue weighted by Crippen LogP contribution is -2.18. The molecule has 0 aromatic rings. The Kier molecular flexibility index (Phi) is 0.518. The smallest absolute Gasteiger partial charge is 0.00225 e. The number of hydrogen-bond donors (Lipinski definition) is 1. The van der Waals surface area contributed by atoms with Crippen molar-refractivity contribution in [2.45, 2.75) is 18.1 Å². The van der Waals surface area contributed by atoms with Crippen LogP contribution in [0.25, 0.3) is 0 Å². The van der Waals surface area contributed by atoms with Crippen molar-refractivity contribution in [2.75, 3.05) is 0 Å². The molecule has 0 atom stereocenters. The molecule has 0 nitrogen and oxygen atoms in total. The minimum absolute atomic E-state index is 0.778. The molecular weight excluding hydrogens is 116 g/mol. The lowest BCUT2D eigenvalue weighted by atomic mass is 9.88. The maximum Gasteiger partial charge on any atom is 0.00225 e. The Balaban J connectivity index is 1.85. The highest BCUT2D eigenvalue weighted by Crippen LogP contribution is 2.79. The minimum atomic E-state index is 0.778. The maximum atomic E-state index is 4.46. The molecule has 1 heteroatoms. The number of hydrogen-bond acceptors (Lipinski definition) is 1. The van der Waals surface area contributed by atoms with Crippen molar-refractivity contribution < 1.29 is 0 Å². The van der Waals surface area contributed by atoms with E-state index in [9.17, 15) is 0 Å². The van der Waals surface area contributed by atoms with Gasteiger partial charge in [0.2, 0.25) is 0 Å². The molecule has 4 aliphatic carbocycles. The van der Waals surface area contributed by atoms with Gasteiger partial charge in [-0.3, -0.25) is 0 Å². The predicted molar refractivity (Wildman–Crippen MR) is 36.0 cm³/mol. The van der Waals surface area contributed by atoms with Gasteiger partial charge in [-0.2, -0.15) is 12.6 Å². The molecule has 4 aliphatic rings. The summed E-state index contributed by atoms with van der Waals surface area (Å²) in [6.45, 7) is 0. The highest BCUT2D eigenvalue weighted by Gasteiger charge is 2.74. The zero-order chi connectivity index (χ0) is 5.30. The zero-order valence-electron chi connectivity index (χ0n) is 4.75. The van der Waals surface area contributed by atoms with Crippen LogP contribution in [0.4, 0.5) is 0 Å². The molecule has 4 fully saturated rings. The molecule has 0 spiro atoms. The van der Waals surface area contributed by atoms with Gasteiger partial charge in [0, 0.05) is 5.25 Å². The van der Waals surface area contributed by atoms with Crippen molar-refractivity contribution >= 4 is 12.6 Å². The molecule has 0 aromatic carbocycles. The Morgan fingerprint density at radius 2 is 1.50 bits per heavy atom. The van der Waals surface area contributed by atoms with Crippen LogP contribution in [0.2, 0.25) is 0 Å². The summed E-state index contributed by atoms with van der Waals surface area (Å²) in [5.74, 6) is 4.77. The van der Waals surface area contributed by atoms with E-state index in [2.05, 4.69) is 12.6 Å². The van der Waals surface area contributed by atoms with Crippen LogP contribution in [-0.4, -0.2) is 5.25 Å². The van der Waals surface area contributed by atoms with Crippen molar-refractivity contribution in [3.05, 3.63) is 0 Å². The van der Waals surface area contributed by atoms with E-state index in [4.69, 9.17) is 0 Å². The average molecular weight is 126 g/mol. The topological polar surface area (TPSA) is 0 Å². The quantitative estimate of drug-likeness (QED) is 0.468. The van der Waals surface area contributed by atoms with Gasteiger partial charge in [-0.15, -0.1) is 0 Å². The molecule has 4 saturated carbocycles. The first-order chi connectivity index (χ1) is 3.88. The highest BCUT2D eigenvalue weighted by molar-refractivity contribution is 7.80. The van der Waals surface area contributed by atoms with Crippen molar-refractivity contribution in [1.82, 2.24) is 0 Å². The Hall–Kier alpha value is 0.350. The molecule has 0 unspecified atom stereocenters. The molecule has 0 saturated heterocycles. The van der Waals surface area contributed by atoms with Crippen LogP contribution in [0.5, 0.6) is 0 Å². The van der Waals surface area contributed by atoms with E-state index in [1.807, 2.05) is 0 Å². The van der Waals surface area contributed by atoms with Gasteiger partial charge in [0.1, 0.15) is 0 Å². The van der Waals surface area contributed by atoms with Gasteiger partial charge in [-0.25, -0.2) is 0 Å². The summed E-state index contributed by atoms with van der Waals surface area (Å²) in [6, 6.07) is 0. The molecule has 4 rings (SSSR count). The Morgan fingerprint density at radius 3 is 1.88 bits per heavy atom. The van der Waals surface area contributed by atoms with Crippen LogP contribution in [0.15, 0.2) is 0 Å². The summed E-state index contributed by atoms with van der Waals surface area (Å²) < 4.78 is 0. The Morgan fingerprint density at radius 1 is 1.00 bits per heavy atom. The molecule has 0 radical (unpaired) electrons. The van der Waals surface area contributed by atoms with Gasteiger partial charge < -0.3 is 0 Å². The number of thiol groups is 1. The summed E-state index contributed by atoms with van der Waals surface area (Å²) >= 11 is 4.46. The van der Waals surface area contributed by atoms with Crippen molar-refractivity contribution in [1.29, 1.82) is 0 Å². The average Bonchev–Trinajstić information content (AvgIpc) is 2.53. The molecule has 2 bridgehead atoms. The van der Waals surface area contributed by atoms with E-state index in [-0.39, 0.29) is 0 Å². The Labute approximate surface area is 55.1 Å². The first kappa shape index (κ1) is 4.21. The number of fused-ring (bicyclic) bond motifs is 2. The van der Waals surface area contributed by atoms with E-state index < -0.39 is 0 Å². The van der Waals surface area contributed by atoms with Crippen LogP contribution in [0, 0.1) is 23.7 Å². The predicted octanol–water partition coefficient (Wildman–Crippen LogP) is 1.57. The zero-order valence-corrected chi connectivity index (χ0v) is 5.64. The summed E-state index contributed by atoms with van der Waals surface area (Å²) in [4.78, 5) is 0. The molecular formula is C7H10S. The second-order valence-corrected chi connectivity index (χ2v) is 4.34. The first-order valence-corrected chi connectivity index (χ1v) is 4.07. The van der Waals surface area contributed by atoms with Gasteiger partial charge in [0.15, 0.2) is 0 Å². The second-order valence-electron chi connectivity index (χ2n) is 3.61. The standard InChI is InChI=1S/C7H10S/c8-3-1-4-6-5(2-3)7(4)6/h3-8H,1-2H2. The van der Waals surface area contributed by atoms with Crippen LogP contribution in [-0.2, 0) is 0 Å². The molecule has 0 heterocycles. The minimum Gasteiger partial charge on any atom is -0.176 e. The molecule has 0 N–H and O–H groups in total. The third kappa shape index (κ3) is 0.307. The van der Waals surface area contributed by atoms with Crippen molar-refractivity contribution in [2.24, 2.45) is 23.7 Å². The monoisotopic (exact) mass is 126 g/mol. The maximum absolute atomic E-state index is 4.46. The fourth-order valence-electron chi connectivity index (χ4n) is 2.70. The van der Waals surface area contributed by atoms with Crippen molar-refractivity contribution in [3.63, 3.8) is 0 Å². The first-order valence-electron chi connectivity index (χ1n) is 3.56. The summed E-state index contributed by atoms with van der Waals surface area (Å²) in [7, 11) is 0. The van der Waals surface area contributed by atoms with Gasteiger partial charge in [0.25, 0.3) is 0 Å². The second kappa shape index (κ2) is 0.985. The van der Waals surface area contributed by atoms with E-state index in [0.29, 0.717) is 0 Å². The van der Waals surface area contributed by atoms with Gasteiger partial charge in [0.05, 0.1) is 0 Å². The van der Waals surface area contributed by atoms with Crippen LogP contribution >= 0.6 is 12.6 Å². The molecule has 0 amide bonds. The Bertz CT molecular complexity index is 119. The van der Waals surface area contributed by atoms with E-state index in [1.54, 1.807) is 0 Å². The fourth-order valence-corrected chi connectivity index (χ4v) is 3.19. The van der Waals surface area contributed by atoms with Gasteiger partial charge in [-0.05, 0) is 36.5 Å². The third-order valence-electron chi connectivity index (χ3n) is 3.23. The third-order valence-corrected chi connectivity index (χ3v) is 3.65. The summed E-state index contributed by atoms with van der Waals surface area (Å²) in [5, 5.41) is 0.778. The SMILES string of the molecule is SC1CC2C3C(C1)C23. The fraction of sp³-hybridized carbons (Fsp3) is 1.00. The normalized spacial score (nSPS) is 73.9. The number of rotatable bonds is 0. The molecule has 8 heavy (non-hydrogen) atoms. The lowest BCUT2D eigenvalue weighted by Gasteiger charge is -2.23. The van der Waals surface area contributed by atoms with E-state index in [1.165, 1.54) is 24.7 Å². The summed E-state index contributed by atoms with van der Waals surface area (Å²) in [6.07, 6.45) is 2.88. The van der Waals surface area contributed by atoms with E-state index in [0.717, 1.165) is 17.1 Å². The molecule has 0 aliphatic heterocycles. The van der Waals surface area contributed by atoms with Gasteiger partial charge in [-0.1, -0.05) is 0 Å². The van der Waals surface area contributed by atoms with Gasteiger partial charge >= 0.3 is 0 Å². The van der Waals surface area contributed by atoms with Crippen LogP contribution in [0.3, 0.4) is 0 Å². The largest absolute Gasteiger partial charge is 0.176 e. The molecule has 44 valence electrons. The molecule has 0 aromatic heterocycles.